The van der Waals surface area contributed by atoms with E-state index in [2.05, 4.69) is 15.0 Å². The van der Waals surface area contributed by atoms with Gasteiger partial charge in [0, 0.05) is 24.7 Å². The molecule has 8 nitrogen and oxygen atoms in total. The number of nitrogens with one attached hydrogen (secondary N) is 1. The second-order valence-corrected chi connectivity index (χ2v) is 6.88. The van der Waals surface area contributed by atoms with E-state index in [1.165, 1.54) is 4.31 Å². The summed E-state index contributed by atoms with van der Waals surface area (Å²) in [5.74, 6) is 0.545. The van der Waals surface area contributed by atoms with Crippen LogP contribution in [0.4, 0.5) is 0 Å². The molecule has 3 aromatic rings. The van der Waals surface area contributed by atoms with Gasteiger partial charge < -0.3 is 14.7 Å². The van der Waals surface area contributed by atoms with Crippen molar-refractivity contribution >= 4 is 33.0 Å². The number of aliphatic hydroxyl groups is 1. The Morgan fingerprint density at radius 1 is 1.48 bits per heavy atom. The minimum Gasteiger partial charge on any atom is -0.385 e. The molecule has 1 fully saturated rings. The molecule has 0 radical (unpaired) electrons. The number of hydrogen-bond acceptors (Lipinski definition) is 5. The summed E-state index contributed by atoms with van der Waals surface area (Å²) in [5, 5.41) is 11.0. The average Bonchev–Trinajstić information content (AvgIpc) is 3.22. The molecule has 0 saturated carbocycles. The maximum atomic E-state index is 11.2. The van der Waals surface area contributed by atoms with Crippen LogP contribution in [0.1, 0.15) is 31.3 Å². The van der Waals surface area contributed by atoms with Crippen LogP contribution in [0.15, 0.2) is 18.5 Å². The van der Waals surface area contributed by atoms with Crippen molar-refractivity contribution in [1.82, 2.24) is 23.8 Å². The molecule has 0 bridgehead atoms. The van der Waals surface area contributed by atoms with Crippen molar-refractivity contribution in [1.29, 1.82) is 0 Å². The van der Waals surface area contributed by atoms with Gasteiger partial charge in [0.25, 0.3) is 0 Å². The van der Waals surface area contributed by atoms with Gasteiger partial charge in [-0.3, -0.25) is 0 Å². The van der Waals surface area contributed by atoms with Gasteiger partial charge in [-0.15, -0.1) is 0 Å². The van der Waals surface area contributed by atoms with Crippen molar-refractivity contribution in [2.75, 3.05) is 13.1 Å². The van der Waals surface area contributed by atoms with Crippen molar-refractivity contribution < 1.29 is 13.5 Å². The quantitative estimate of drug-likeness (QED) is 0.613. The Hall–Kier alpha value is -1.97. The lowest BCUT2D eigenvalue weighted by molar-refractivity contribution is 0.182. The highest BCUT2D eigenvalue weighted by atomic mass is 32.2. The summed E-state index contributed by atoms with van der Waals surface area (Å²) < 4.78 is 25.9. The summed E-state index contributed by atoms with van der Waals surface area (Å²) >= 11 is 0. The molecule has 0 aliphatic carbocycles. The summed E-state index contributed by atoms with van der Waals surface area (Å²) in [4.78, 5) is 11.9. The third-order valence-corrected chi connectivity index (χ3v) is 5.20. The van der Waals surface area contributed by atoms with Gasteiger partial charge in [-0.2, -0.15) is 0 Å². The Bertz CT molecular complexity index is 950. The number of fused-ring (bicyclic) bond motifs is 3. The van der Waals surface area contributed by atoms with Crippen LogP contribution in [-0.4, -0.2) is 50.4 Å². The fourth-order valence-corrected chi connectivity index (χ4v) is 3.96. The summed E-state index contributed by atoms with van der Waals surface area (Å²) in [7, 11) is -2.58. The van der Waals surface area contributed by atoms with Gasteiger partial charge in [-0.05, 0) is 19.4 Å². The molecule has 1 aliphatic rings. The van der Waals surface area contributed by atoms with E-state index >= 15 is 0 Å². The van der Waals surface area contributed by atoms with Gasteiger partial charge in [0.05, 0.1) is 17.8 Å². The molecule has 23 heavy (non-hydrogen) atoms. The Balaban J connectivity index is 1.95. The normalized spacial score (nSPS) is 20.9. The molecule has 1 saturated heterocycles. The highest BCUT2D eigenvalue weighted by molar-refractivity contribution is 7.69. The van der Waals surface area contributed by atoms with Crippen LogP contribution in [-0.2, 0) is 10.9 Å². The molecule has 0 aromatic carbocycles. The van der Waals surface area contributed by atoms with Crippen LogP contribution in [0.3, 0.4) is 0 Å². The van der Waals surface area contributed by atoms with Crippen molar-refractivity contribution in [3.8, 4) is 0 Å². The topological polar surface area (TPSA) is 104 Å². The molecule has 1 unspecified atom stereocenters. The Kier molecular flexibility index (Phi) is 3.36. The van der Waals surface area contributed by atoms with E-state index in [0.717, 1.165) is 16.6 Å². The number of aliphatic hydroxyl groups excluding tert-OH is 1. The minimum atomic E-state index is -2.58. The third-order valence-electron chi connectivity index (χ3n) is 4.37. The zero-order valence-electron chi connectivity index (χ0n) is 12.5. The smallest absolute Gasteiger partial charge is 0.203 e. The molecular formula is C14H17N5O3S. The van der Waals surface area contributed by atoms with E-state index in [0.29, 0.717) is 30.9 Å². The highest BCUT2D eigenvalue weighted by Gasteiger charge is 2.30. The minimum absolute atomic E-state index is 0.0435. The maximum Gasteiger partial charge on any atom is 0.203 e. The molecule has 4 heterocycles. The molecular weight excluding hydrogens is 318 g/mol. The van der Waals surface area contributed by atoms with Crippen LogP contribution >= 0.6 is 0 Å². The summed E-state index contributed by atoms with van der Waals surface area (Å²) in [6, 6.07) is 1.88. The SMILES string of the molecule is C[C@@H](O)c1nc2cnc3[nH]ccc3c2n1C1CCN([SH](=O)=O)C1. The van der Waals surface area contributed by atoms with Crippen molar-refractivity contribution in [3.63, 3.8) is 0 Å². The number of pyridine rings is 1. The van der Waals surface area contributed by atoms with E-state index in [-0.39, 0.29) is 6.04 Å². The van der Waals surface area contributed by atoms with E-state index in [4.69, 9.17) is 0 Å². The van der Waals surface area contributed by atoms with Gasteiger partial charge >= 0.3 is 0 Å². The molecule has 2 atom stereocenters. The largest absolute Gasteiger partial charge is 0.385 e. The standard InChI is InChI=1S/C14H17N5O3S/c1-8(20)14-17-11-6-16-13-10(2-4-15-13)12(11)19(14)9-3-5-18(7-9)23(21)22/h2,4,6,8-9,20,23H,3,5,7H2,1H3,(H,15,16)/t8-,9?/m1/s1. The number of aromatic nitrogens is 4. The number of H-pyrrole nitrogens is 1. The third kappa shape index (κ3) is 2.23. The zero-order chi connectivity index (χ0) is 16.1. The van der Waals surface area contributed by atoms with E-state index in [1.54, 1.807) is 13.1 Å². The van der Waals surface area contributed by atoms with Gasteiger partial charge in [0.1, 0.15) is 23.1 Å². The lowest BCUT2D eigenvalue weighted by atomic mass is 10.2. The van der Waals surface area contributed by atoms with E-state index < -0.39 is 17.0 Å². The maximum absolute atomic E-state index is 11.2. The molecule has 0 spiro atoms. The number of rotatable bonds is 3. The van der Waals surface area contributed by atoms with Crippen molar-refractivity contribution in [3.05, 3.63) is 24.3 Å². The second-order valence-electron chi connectivity index (χ2n) is 5.84. The van der Waals surface area contributed by atoms with Gasteiger partial charge in [-0.25, -0.2) is 22.7 Å². The number of aromatic amines is 1. The molecule has 4 rings (SSSR count). The van der Waals surface area contributed by atoms with Crippen LogP contribution < -0.4 is 0 Å². The second kappa shape index (κ2) is 5.29. The number of thiol groups is 1. The fraction of sp³-hybridized carbons (Fsp3) is 0.429. The first-order chi connectivity index (χ1) is 11.1. The van der Waals surface area contributed by atoms with Gasteiger partial charge in [0.2, 0.25) is 10.9 Å². The summed E-state index contributed by atoms with van der Waals surface area (Å²) in [5.41, 5.74) is 2.35. The molecule has 0 amide bonds. The molecule has 3 aromatic heterocycles. The average molecular weight is 335 g/mol. The Labute approximate surface area is 133 Å². The molecule has 1 aliphatic heterocycles. The van der Waals surface area contributed by atoms with E-state index in [9.17, 15) is 13.5 Å². The fourth-order valence-electron chi connectivity index (χ4n) is 3.36. The Morgan fingerprint density at radius 2 is 2.30 bits per heavy atom. The number of imidazole rings is 1. The highest BCUT2D eigenvalue weighted by Crippen LogP contribution is 2.33. The summed E-state index contributed by atoms with van der Waals surface area (Å²) in [6.45, 7) is 2.56. The van der Waals surface area contributed by atoms with Crippen LogP contribution in [0.5, 0.6) is 0 Å². The predicted molar refractivity (Wildman–Crippen MR) is 85.6 cm³/mol. The lowest BCUT2D eigenvalue weighted by Crippen LogP contribution is -2.21. The predicted octanol–water partition coefficient (Wildman–Crippen LogP) is 0.739. The number of hydrogen-bond donors (Lipinski definition) is 3. The first-order valence-corrected chi connectivity index (χ1v) is 8.60. The monoisotopic (exact) mass is 335 g/mol. The number of nitrogens with zero attached hydrogens (tertiary/aromatic N) is 4. The first-order valence-electron chi connectivity index (χ1n) is 7.47. The van der Waals surface area contributed by atoms with Gasteiger partial charge in [-0.1, -0.05) is 0 Å². The molecule has 9 heteroatoms. The summed E-state index contributed by atoms with van der Waals surface area (Å²) in [6.07, 6.45) is 3.44. The van der Waals surface area contributed by atoms with Crippen molar-refractivity contribution in [2.45, 2.75) is 25.5 Å². The van der Waals surface area contributed by atoms with Crippen LogP contribution in [0.25, 0.3) is 22.1 Å². The lowest BCUT2D eigenvalue weighted by Gasteiger charge is -2.18. The molecule has 122 valence electrons. The van der Waals surface area contributed by atoms with Gasteiger partial charge in [0.15, 0.2) is 0 Å². The molecule has 2 N–H and O–H groups in total. The van der Waals surface area contributed by atoms with E-state index in [1.807, 2.05) is 16.8 Å². The van der Waals surface area contributed by atoms with Crippen LogP contribution in [0.2, 0.25) is 0 Å². The van der Waals surface area contributed by atoms with Crippen LogP contribution in [0, 0.1) is 0 Å². The Morgan fingerprint density at radius 3 is 3.00 bits per heavy atom. The van der Waals surface area contributed by atoms with Crippen molar-refractivity contribution in [2.24, 2.45) is 0 Å². The first kappa shape index (κ1) is 14.6. The zero-order valence-corrected chi connectivity index (χ0v) is 13.4.